The van der Waals surface area contributed by atoms with Gasteiger partial charge in [0.05, 0.1) is 18.5 Å². The zero-order chi connectivity index (χ0) is 22.4. The Morgan fingerprint density at radius 3 is 2.52 bits per heavy atom. The Hall–Kier alpha value is -3.65. The van der Waals surface area contributed by atoms with Gasteiger partial charge in [-0.2, -0.15) is 0 Å². The number of hydrogen-bond donors (Lipinski definition) is 3. The van der Waals surface area contributed by atoms with Gasteiger partial charge in [0, 0.05) is 24.2 Å². The number of rotatable bonds is 8. The van der Waals surface area contributed by atoms with E-state index in [4.69, 9.17) is 16.3 Å². The van der Waals surface area contributed by atoms with E-state index in [1.165, 1.54) is 13.4 Å². The Labute approximate surface area is 184 Å². The lowest BCUT2D eigenvalue weighted by Crippen LogP contribution is -2.26. The maximum absolute atomic E-state index is 12.6. The summed E-state index contributed by atoms with van der Waals surface area (Å²) in [6.07, 6.45) is 1.43. The number of H-pyrrole nitrogens is 1. The molecule has 0 aliphatic rings. The fourth-order valence-corrected chi connectivity index (χ4v) is 3.13. The summed E-state index contributed by atoms with van der Waals surface area (Å²) in [5.74, 6) is -0.523. The van der Waals surface area contributed by atoms with Crippen molar-refractivity contribution in [1.29, 1.82) is 0 Å². The molecule has 1 heterocycles. The van der Waals surface area contributed by atoms with Crippen LogP contribution >= 0.6 is 11.6 Å². The molecule has 160 valence electrons. The summed E-state index contributed by atoms with van der Waals surface area (Å²) in [5, 5.41) is 5.67. The highest BCUT2D eigenvalue weighted by Gasteiger charge is 2.20. The highest BCUT2D eigenvalue weighted by Crippen LogP contribution is 2.24. The van der Waals surface area contributed by atoms with Crippen molar-refractivity contribution in [2.75, 3.05) is 19.0 Å². The van der Waals surface area contributed by atoms with Gasteiger partial charge in [0.25, 0.3) is 11.8 Å². The number of hydrogen-bond acceptors (Lipinski definition) is 5. The summed E-state index contributed by atoms with van der Waals surface area (Å²) < 4.78 is 5.15. The number of carbonyl (C=O) groups is 3. The van der Waals surface area contributed by atoms with Gasteiger partial charge in [-0.3, -0.25) is 14.4 Å². The van der Waals surface area contributed by atoms with Crippen LogP contribution in [0.4, 0.5) is 5.69 Å². The first-order valence-corrected chi connectivity index (χ1v) is 9.89. The average Bonchev–Trinajstić information content (AvgIpc) is 3.26. The average molecular weight is 441 g/mol. The van der Waals surface area contributed by atoms with Crippen LogP contribution in [-0.2, 0) is 6.42 Å². The maximum atomic E-state index is 12.6. The van der Waals surface area contributed by atoms with E-state index in [2.05, 4.69) is 20.6 Å². The number of carbonyl (C=O) groups excluding carboxylic acids is 3. The number of Topliss-reactive ketones (excluding diaryl/α,β-unsaturated/α-hetero) is 1. The maximum Gasteiger partial charge on any atom is 0.276 e. The van der Waals surface area contributed by atoms with Gasteiger partial charge >= 0.3 is 0 Å². The number of aromatic amines is 1. The second-order valence-corrected chi connectivity index (χ2v) is 6.99. The predicted molar refractivity (Wildman–Crippen MR) is 117 cm³/mol. The zero-order valence-electron chi connectivity index (χ0n) is 17.0. The predicted octanol–water partition coefficient (Wildman–Crippen LogP) is 3.50. The summed E-state index contributed by atoms with van der Waals surface area (Å²) >= 11 is 6.14. The molecule has 0 saturated carbocycles. The van der Waals surface area contributed by atoms with E-state index in [0.29, 0.717) is 28.6 Å². The molecule has 0 saturated heterocycles. The van der Waals surface area contributed by atoms with Gasteiger partial charge < -0.3 is 20.4 Å². The van der Waals surface area contributed by atoms with Crippen molar-refractivity contribution in [2.45, 2.75) is 13.3 Å². The minimum absolute atomic E-state index is 0.00197. The Morgan fingerprint density at radius 2 is 1.84 bits per heavy atom. The van der Waals surface area contributed by atoms with E-state index in [9.17, 15) is 14.4 Å². The fourth-order valence-electron chi connectivity index (χ4n) is 2.91. The molecule has 0 spiro atoms. The number of benzene rings is 2. The van der Waals surface area contributed by atoms with Gasteiger partial charge in [-0.15, -0.1) is 0 Å². The van der Waals surface area contributed by atoms with Crippen molar-refractivity contribution >= 4 is 34.9 Å². The normalized spacial score (nSPS) is 10.4. The third-order valence-corrected chi connectivity index (χ3v) is 4.80. The minimum Gasteiger partial charge on any atom is -0.497 e. The van der Waals surface area contributed by atoms with Gasteiger partial charge in [0.15, 0.2) is 11.5 Å². The second kappa shape index (κ2) is 9.90. The van der Waals surface area contributed by atoms with Crippen LogP contribution in [0, 0.1) is 0 Å². The van der Waals surface area contributed by atoms with Crippen molar-refractivity contribution in [3.05, 3.63) is 76.3 Å². The second-order valence-electron chi connectivity index (χ2n) is 6.58. The minimum atomic E-state index is -0.519. The molecule has 1 aromatic heterocycles. The lowest BCUT2D eigenvalue weighted by Gasteiger charge is -2.08. The van der Waals surface area contributed by atoms with Crippen LogP contribution in [0.1, 0.15) is 43.8 Å². The Morgan fingerprint density at radius 1 is 1.10 bits per heavy atom. The lowest BCUT2D eigenvalue weighted by molar-refractivity contribution is 0.0937. The number of aromatic nitrogens is 2. The van der Waals surface area contributed by atoms with Gasteiger partial charge in [-0.05, 0) is 42.8 Å². The molecule has 2 amide bonds. The Balaban J connectivity index is 1.67. The number of amides is 2. The molecular weight excluding hydrogens is 420 g/mol. The molecule has 8 nitrogen and oxygen atoms in total. The van der Waals surface area contributed by atoms with E-state index in [-0.39, 0.29) is 23.6 Å². The number of ether oxygens (including phenoxy) is 1. The molecule has 31 heavy (non-hydrogen) atoms. The van der Waals surface area contributed by atoms with Crippen molar-refractivity contribution in [3.8, 4) is 5.75 Å². The van der Waals surface area contributed by atoms with E-state index < -0.39 is 11.8 Å². The van der Waals surface area contributed by atoms with Crippen LogP contribution in [0.15, 0.2) is 48.8 Å². The van der Waals surface area contributed by atoms with Crippen molar-refractivity contribution < 1.29 is 19.1 Å². The van der Waals surface area contributed by atoms with Crippen LogP contribution in [0.25, 0.3) is 0 Å². The van der Waals surface area contributed by atoms with Crippen LogP contribution in [0.5, 0.6) is 5.75 Å². The molecule has 0 unspecified atom stereocenters. The van der Waals surface area contributed by atoms with Gasteiger partial charge in [-0.25, -0.2) is 4.98 Å². The molecule has 0 aliphatic heterocycles. The van der Waals surface area contributed by atoms with E-state index in [0.717, 1.165) is 5.56 Å². The summed E-state index contributed by atoms with van der Waals surface area (Å²) in [5.41, 5.74) is 1.74. The van der Waals surface area contributed by atoms with E-state index in [1.54, 1.807) is 49.4 Å². The quantitative estimate of drug-likeness (QED) is 0.464. The molecular formula is C22H21ClN4O4. The van der Waals surface area contributed by atoms with Crippen molar-refractivity contribution in [2.24, 2.45) is 0 Å². The summed E-state index contributed by atoms with van der Waals surface area (Å²) in [6.45, 7) is 2.21. The Bertz CT molecular complexity index is 1110. The van der Waals surface area contributed by atoms with Gasteiger partial charge in [0.1, 0.15) is 11.4 Å². The number of imidazole rings is 1. The van der Waals surface area contributed by atoms with Crippen LogP contribution in [0.2, 0.25) is 5.02 Å². The number of nitrogens with one attached hydrogen (secondary N) is 3. The fraction of sp³-hybridized carbons (Fsp3) is 0.182. The molecule has 0 fully saturated rings. The third-order valence-electron chi connectivity index (χ3n) is 4.47. The van der Waals surface area contributed by atoms with Crippen LogP contribution < -0.4 is 15.4 Å². The van der Waals surface area contributed by atoms with Gasteiger partial charge in [-0.1, -0.05) is 23.7 Å². The smallest absolute Gasteiger partial charge is 0.276 e. The molecule has 2 aromatic carbocycles. The first-order chi connectivity index (χ1) is 14.9. The molecule has 3 N–H and O–H groups in total. The molecule has 3 rings (SSSR count). The number of halogens is 1. The van der Waals surface area contributed by atoms with Crippen molar-refractivity contribution in [1.82, 2.24) is 15.3 Å². The number of ketones is 1. The molecule has 0 atom stereocenters. The zero-order valence-corrected chi connectivity index (χ0v) is 17.7. The highest BCUT2D eigenvalue weighted by atomic mass is 35.5. The SMILES string of the molecule is CCNC(=O)c1[nH]cnc1C(=O)Nc1ccc(CC(=O)c2cc(OC)ccc2Cl)cc1. The van der Waals surface area contributed by atoms with Crippen molar-refractivity contribution in [3.63, 3.8) is 0 Å². The topological polar surface area (TPSA) is 113 Å². The third kappa shape index (κ3) is 5.29. The standard InChI is InChI=1S/C22H21ClN4O4/c1-3-24-21(29)19-20(26-12-25-19)22(30)27-14-6-4-13(5-7-14)10-18(28)16-11-15(31-2)8-9-17(16)23/h4-9,11-12H,3,10H2,1-2H3,(H,24,29)(H,25,26)(H,27,30). The van der Waals surface area contributed by atoms with E-state index >= 15 is 0 Å². The molecule has 0 aliphatic carbocycles. The summed E-state index contributed by atoms with van der Waals surface area (Å²) in [6, 6.07) is 11.7. The first kappa shape index (κ1) is 22.0. The molecule has 3 aromatic rings. The Kier molecular flexibility index (Phi) is 7.04. The number of anilines is 1. The number of nitrogens with zero attached hydrogens (tertiary/aromatic N) is 1. The van der Waals surface area contributed by atoms with E-state index in [1.807, 2.05) is 0 Å². The molecule has 0 bridgehead atoms. The van der Waals surface area contributed by atoms with Gasteiger partial charge in [0.2, 0.25) is 0 Å². The first-order valence-electron chi connectivity index (χ1n) is 9.51. The summed E-state index contributed by atoms with van der Waals surface area (Å²) in [4.78, 5) is 43.7. The number of methoxy groups -OCH3 is 1. The molecule has 9 heteroatoms. The lowest BCUT2D eigenvalue weighted by atomic mass is 10.0. The highest BCUT2D eigenvalue weighted by molar-refractivity contribution is 6.34. The largest absolute Gasteiger partial charge is 0.497 e. The monoisotopic (exact) mass is 440 g/mol. The van der Waals surface area contributed by atoms with Crippen LogP contribution in [0.3, 0.4) is 0 Å². The summed E-state index contributed by atoms with van der Waals surface area (Å²) in [7, 11) is 1.52. The molecule has 0 radical (unpaired) electrons. The van der Waals surface area contributed by atoms with Crippen LogP contribution in [-0.4, -0.2) is 41.2 Å².